The second-order valence-corrected chi connectivity index (χ2v) is 4.12. The molecule has 0 aromatic heterocycles. The second-order valence-electron chi connectivity index (χ2n) is 4.12. The molecular weight excluding hydrogens is 198 g/mol. The highest BCUT2D eigenvalue weighted by Crippen LogP contribution is 2.14. The van der Waals surface area contributed by atoms with Crippen molar-refractivity contribution in [3.8, 4) is 0 Å². The van der Waals surface area contributed by atoms with Crippen LogP contribution in [0.25, 0.3) is 0 Å². The summed E-state index contributed by atoms with van der Waals surface area (Å²) in [6.45, 7) is 4.30. The van der Waals surface area contributed by atoms with E-state index in [-0.39, 0.29) is 18.4 Å². The second kappa shape index (κ2) is 7.24. The molecule has 0 aromatic rings. The lowest BCUT2D eigenvalue weighted by atomic mass is 9.94. The first-order chi connectivity index (χ1) is 6.24. The van der Waals surface area contributed by atoms with Gasteiger partial charge in [-0.3, -0.25) is 4.79 Å². The van der Waals surface area contributed by atoms with Gasteiger partial charge in [-0.25, -0.2) is 0 Å². The molecule has 1 N–H and O–H groups in total. The number of Topliss-reactive ketones (excluding diaryl/α,β-unsaturated/α-hetero) is 1. The first-order valence-corrected chi connectivity index (χ1v) is 5.52. The molecule has 0 aromatic carbocycles. The Morgan fingerprint density at radius 1 is 1.43 bits per heavy atom. The van der Waals surface area contributed by atoms with E-state index in [0.717, 1.165) is 25.7 Å². The van der Waals surface area contributed by atoms with Gasteiger partial charge in [-0.05, 0) is 32.6 Å². The summed E-state index contributed by atoms with van der Waals surface area (Å²) in [5.74, 6) is 0.424. The lowest BCUT2D eigenvalue weighted by Gasteiger charge is -2.27. The SMILES string of the molecule is CCCCC(=O)C1CCCC(C)N1.Cl. The number of carbonyl (C=O) groups excluding carboxylic acids is 1. The molecule has 3 heteroatoms. The third-order valence-electron chi connectivity index (χ3n) is 2.78. The number of hydrogen-bond donors (Lipinski definition) is 1. The molecule has 84 valence electrons. The van der Waals surface area contributed by atoms with E-state index in [0.29, 0.717) is 11.8 Å². The van der Waals surface area contributed by atoms with Crippen LogP contribution < -0.4 is 5.32 Å². The molecule has 0 saturated carbocycles. The smallest absolute Gasteiger partial charge is 0.149 e. The van der Waals surface area contributed by atoms with Crippen LogP contribution in [-0.2, 0) is 4.79 Å². The van der Waals surface area contributed by atoms with Gasteiger partial charge in [-0.2, -0.15) is 0 Å². The predicted molar refractivity (Wildman–Crippen MR) is 62.0 cm³/mol. The maximum Gasteiger partial charge on any atom is 0.149 e. The summed E-state index contributed by atoms with van der Waals surface area (Å²) in [6, 6.07) is 0.694. The van der Waals surface area contributed by atoms with Crippen molar-refractivity contribution in [2.75, 3.05) is 0 Å². The summed E-state index contributed by atoms with van der Waals surface area (Å²) in [5.41, 5.74) is 0. The summed E-state index contributed by atoms with van der Waals surface area (Å²) >= 11 is 0. The summed E-state index contributed by atoms with van der Waals surface area (Å²) in [4.78, 5) is 11.6. The molecule has 1 aliphatic heterocycles. The predicted octanol–water partition coefficient (Wildman–Crippen LogP) is 2.70. The highest BCUT2D eigenvalue weighted by molar-refractivity contribution is 5.85. The van der Waals surface area contributed by atoms with Crippen LogP contribution in [0.2, 0.25) is 0 Å². The number of piperidine rings is 1. The van der Waals surface area contributed by atoms with Gasteiger partial charge in [0, 0.05) is 12.5 Å². The van der Waals surface area contributed by atoms with E-state index in [2.05, 4.69) is 19.2 Å². The topological polar surface area (TPSA) is 29.1 Å². The van der Waals surface area contributed by atoms with Gasteiger partial charge in [0.05, 0.1) is 6.04 Å². The number of ketones is 1. The number of carbonyl (C=O) groups is 1. The summed E-state index contributed by atoms with van der Waals surface area (Å²) in [5, 5.41) is 3.38. The number of hydrogen-bond acceptors (Lipinski definition) is 2. The number of nitrogens with one attached hydrogen (secondary N) is 1. The summed E-state index contributed by atoms with van der Waals surface area (Å²) < 4.78 is 0. The molecule has 14 heavy (non-hydrogen) atoms. The molecule has 2 unspecified atom stereocenters. The van der Waals surface area contributed by atoms with Gasteiger partial charge in [-0.1, -0.05) is 13.3 Å². The highest BCUT2D eigenvalue weighted by atomic mass is 35.5. The Morgan fingerprint density at radius 2 is 2.14 bits per heavy atom. The average Bonchev–Trinajstić information content (AvgIpc) is 2.14. The fraction of sp³-hybridized carbons (Fsp3) is 0.909. The number of unbranched alkanes of at least 4 members (excludes halogenated alkanes) is 1. The van der Waals surface area contributed by atoms with E-state index in [1.807, 2.05) is 0 Å². The molecule has 1 fully saturated rings. The van der Waals surface area contributed by atoms with Crippen LogP contribution in [0.15, 0.2) is 0 Å². The largest absolute Gasteiger partial charge is 0.305 e. The molecule has 1 heterocycles. The van der Waals surface area contributed by atoms with Gasteiger partial charge in [0.15, 0.2) is 0 Å². The Bertz CT molecular complexity index is 173. The first kappa shape index (κ1) is 13.9. The van der Waals surface area contributed by atoms with Crippen LogP contribution >= 0.6 is 12.4 Å². The van der Waals surface area contributed by atoms with Crippen LogP contribution in [0.4, 0.5) is 0 Å². The van der Waals surface area contributed by atoms with E-state index in [1.54, 1.807) is 0 Å². The number of rotatable bonds is 4. The minimum absolute atomic E-state index is 0. The fourth-order valence-corrected chi connectivity index (χ4v) is 1.92. The highest BCUT2D eigenvalue weighted by Gasteiger charge is 2.22. The quantitative estimate of drug-likeness (QED) is 0.788. The maximum atomic E-state index is 11.6. The van der Waals surface area contributed by atoms with E-state index in [9.17, 15) is 4.79 Å². The van der Waals surface area contributed by atoms with Crippen molar-refractivity contribution in [1.82, 2.24) is 5.32 Å². The zero-order chi connectivity index (χ0) is 9.68. The lowest BCUT2D eigenvalue weighted by molar-refractivity contribution is -0.122. The van der Waals surface area contributed by atoms with Crippen LogP contribution in [-0.4, -0.2) is 17.9 Å². The van der Waals surface area contributed by atoms with Crippen molar-refractivity contribution in [3.63, 3.8) is 0 Å². The molecular formula is C11H22ClNO. The molecule has 2 nitrogen and oxygen atoms in total. The van der Waals surface area contributed by atoms with Crippen LogP contribution in [0, 0.1) is 0 Å². The van der Waals surface area contributed by atoms with Gasteiger partial charge < -0.3 is 5.32 Å². The molecule has 1 aliphatic rings. The molecule has 0 amide bonds. The van der Waals surface area contributed by atoms with E-state index >= 15 is 0 Å². The van der Waals surface area contributed by atoms with Crippen molar-refractivity contribution in [3.05, 3.63) is 0 Å². The van der Waals surface area contributed by atoms with Gasteiger partial charge in [0.2, 0.25) is 0 Å². The van der Waals surface area contributed by atoms with Gasteiger partial charge in [-0.15, -0.1) is 12.4 Å². The molecule has 1 saturated heterocycles. The molecule has 0 spiro atoms. The maximum absolute atomic E-state index is 11.6. The molecule has 0 bridgehead atoms. The van der Waals surface area contributed by atoms with Gasteiger partial charge >= 0.3 is 0 Å². The number of halogens is 1. The van der Waals surface area contributed by atoms with Crippen molar-refractivity contribution in [1.29, 1.82) is 0 Å². The third kappa shape index (κ3) is 4.43. The van der Waals surface area contributed by atoms with Gasteiger partial charge in [0.1, 0.15) is 5.78 Å². The Kier molecular flexibility index (Phi) is 7.20. The van der Waals surface area contributed by atoms with Crippen LogP contribution in [0.5, 0.6) is 0 Å². The zero-order valence-corrected chi connectivity index (χ0v) is 10.0. The Labute approximate surface area is 93.2 Å². The normalized spacial score (nSPS) is 26.7. The van der Waals surface area contributed by atoms with E-state index < -0.39 is 0 Å². The lowest BCUT2D eigenvalue weighted by Crippen LogP contribution is -2.45. The molecule has 2 atom stereocenters. The van der Waals surface area contributed by atoms with Crippen LogP contribution in [0.3, 0.4) is 0 Å². The van der Waals surface area contributed by atoms with E-state index in [4.69, 9.17) is 0 Å². The van der Waals surface area contributed by atoms with Crippen LogP contribution in [0.1, 0.15) is 52.4 Å². The third-order valence-corrected chi connectivity index (χ3v) is 2.78. The Morgan fingerprint density at radius 3 is 2.71 bits per heavy atom. The molecule has 0 aliphatic carbocycles. The Hall–Kier alpha value is -0.0800. The monoisotopic (exact) mass is 219 g/mol. The van der Waals surface area contributed by atoms with Crippen molar-refractivity contribution >= 4 is 18.2 Å². The van der Waals surface area contributed by atoms with Crippen molar-refractivity contribution in [2.24, 2.45) is 0 Å². The fourth-order valence-electron chi connectivity index (χ4n) is 1.92. The minimum atomic E-state index is 0. The Balaban J connectivity index is 0.00000169. The standard InChI is InChI=1S/C11H21NO.ClH/c1-3-4-8-11(13)10-7-5-6-9(2)12-10;/h9-10,12H,3-8H2,1-2H3;1H. The van der Waals surface area contributed by atoms with E-state index in [1.165, 1.54) is 12.8 Å². The molecule has 1 rings (SSSR count). The minimum Gasteiger partial charge on any atom is -0.305 e. The average molecular weight is 220 g/mol. The first-order valence-electron chi connectivity index (χ1n) is 5.52. The summed E-state index contributed by atoms with van der Waals surface area (Å²) in [6.07, 6.45) is 6.40. The zero-order valence-electron chi connectivity index (χ0n) is 9.21. The van der Waals surface area contributed by atoms with Crippen molar-refractivity contribution in [2.45, 2.75) is 64.5 Å². The van der Waals surface area contributed by atoms with Crippen molar-refractivity contribution < 1.29 is 4.79 Å². The van der Waals surface area contributed by atoms with Gasteiger partial charge in [0.25, 0.3) is 0 Å². The summed E-state index contributed by atoms with van der Waals surface area (Å²) in [7, 11) is 0. The molecule has 0 radical (unpaired) electrons.